The number of rotatable bonds is 4. The molecule has 21 heavy (non-hydrogen) atoms. The van der Waals surface area contributed by atoms with Gasteiger partial charge in [-0.25, -0.2) is 4.98 Å². The zero-order chi connectivity index (χ0) is 15.6. The van der Waals surface area contributed by atoms with E-state index in [1.165, 1.54) is 6.07 Å². The zero-order valence-corrected chi connectivity index (χ0v) is 12.3. The molecule has 0 atom stereocenters. The topological polar surface area (TPSA) is 91.3 Å². The Bertz CT molecular complexity index is 704. The fourth-order valence-electron chi connectivity index (χ4n) is 1.88. The van der Waals surface area contributed by atoms with Crippen molar-refractivity contribution in [3.8, 4) is 5.75 Å². The minimum atomic E-state index is -0.414. The van der Waals surface area contributed by atoms with Crippen LogP contribution in [0.15, 0.2) is 24.3 Å². The van der Waals surface area contributed by atoms with E-state index in [1.807, 2.05) is 0 Å². The molecule has 0 saturated heterocycles. The van der Waals surface area contributed by atoms with E-state index in [4.69, 9.17) is 22.1 Å². The van der Waals surface area contributed by atoms with Crippen molar-refractivity contribution >= 4 is 23.1 Å². The first-order chi connectivity index (χ1) is 9.88. The van der Waals surface area contributed by atoms with Gasteiger partial charge in [-0.05, 0) is 37.6 Å². The zero-order valence-electron chi connectivity index (χ0n) is 11.6. The molecule has 0 aliphatic heterocycles. The highest BCUT2D eigenvalue weighted by atomic mass is 35.5. The Kier molecular flexibility index (Phi) is 4.28. The molecule has 7 heteroatoms. The number of nitro benzene ring substituents is 1. The predicted molar refractivity (Wildman–Crippen MR) is 80.6 cm³/mol. The summed E-state index contributed by atoms with van der Waals surface area (Å²) in [6.07, 6.45) is 0. The Hall–Kier alpha value is -2.34. The largest absolute Gasteiger partial charge is 0.487 e. The van der Waals surface area contributed by atoms with E-state index in [9.17, 15) is 10.1 Å². The molecule has 0 saturated carbocycles. The third-order valence-electron chi connectivity index (χ3n) is 2.99. The van der Waals surface area contributed by atoms with Crippen LogP contribution in [0.3, 0.4) is 0 Å². The summed E-state index contributed by atoms with van der Waals surface area (Å²) >= 11 is 6.01. The quantitative estimate of drug-likeness (QED) is 0.690. The van der Waals surface area contributed by atoms with E-state index in [1.54, 1.807) is 32.0 Å². The van der Waals surface area contributed by atoms with Gasteiger partial charge in [0.1, 0.15) is 18.2 Å². The molecule has 2 aromatic rings. The van der Waals surface area contributed by atoms with Crippen LogP contribution < -0.4 is 10.5 Å². The summed E-state index contributed by atoms with van der Waals surface area (Å²) in [5.74, 6) is 0.910. The first kappa shape index (κ1) is 15.1. The van der Waals surface area contributed by atoms with Gasteiger partial charge >= 0.3 is 0 Å². The van der Waals surface area contributed by atoms with Crippen molar-refractivity contribution in [1.29, 1.82) is 0 Å². The number of hydrogen-bond acceptors (Lipinski definition) is 5. The molecule has 0 amide bonds. The number of halogens is 1. The van der Waals surface area contributed by atoms with Crippen LogP contribution in [0.5, 0.6) is 5.75 Å². The number of aromatic nitrogens is 1. The molecular weight excluding hydrogens is 294 g/mol. The molecular formula is C14H14ClN3O3. The Morgan fingerprint density at radius 1 is 1.33 bits per heavy atom. The fraction of sp³-hybridized carbons (Fsp3) is 0.214. The Morgan fingerprint density at radius 3 is 2.71 bits per heavy atom. The van der Waals surface area contributed by atoms with Crippen molar-refractivity contribution in [2.24, 2.45) is 0 Å². The van der Waals surface area contributed by atoms with Crippen molar-refractivity contribution in [2.75, 3.05) is 5.73 Å². The molecule has 2 rings (SSSR count). The van der Waals surface area contributed by atoms with Crippen LogP contribution in [0.1, 0.15) is 16.8 Å². The first-order valence-corrected chi connectivity index (χ1v) is 6.55. The minimum absolute atomic E-state index is 0.0694. The number of nitro groups is 1. The molecule has 0 aliphatic rings. The van der Waals surface area contributed by atoms with Gasteiger partial charge in [0.05, 0.1) is 15.6 Å². The number of anilines is 1. The molecule has 0 radical (unpaired) electrons. The number of nitrogens with two attached hydrogens (primary N) is 1. The second-order valence-electron chi connectivity index (χ2n) is 4.61. The number of pyridine rings is 1. The second kappa shape index (κ2) is 5.97. The lowest BCUT2D eigenvalue weighted by Crippen LogP contribution is -2.03. The monoisotopic (exact) mass is 307 g/mol. The maximum atomic E-state index is 10.9. The molecule has 1 heterocycles. The van der Waals surface area contributed by atoms with Gasteiger partial charge < -0.3 is 10.5 Å². The molecule has 2 N–H and O–H groups in total. The van der Waals surface area contributed by atoms with Gasteiger partial charge in [-0.3, -0.25) is 10.1 Å². The SMILES string of the molecule is Cc1cc([N+](=O)[O-])c(C)cc1OCc1nc(N)ccc1Cl. The molecule has 0 aliphatic carbocycles. The minimum Gasteiger partial charge on any atom is -0.487 e. The van der Waals surface area contributed by atoms with E-state index in [0.717, 1.165) is 0 Å². The van der Waals surface area contributed by atoms with Crippen molar-refractivity contribution in [1.82, 2.24) is 4.98 Å². The fourth-order valence-corrected chi connectivity index (χ4v) is 2.04. The van der Waals surface area contributed by atoms with Gasteiger partial charge in [-0.1, -0.05) is 11.6 Å². The number of nitrogen functional groups attached to an aromatic ring is 1. The molecule has 1 aromatic heterocycles. The highest BCUT2D eigenvalue weighted by molar-refractivity contribution is 6.31. The molecule has 0 fully saturated rings. The molecule has 0 unspecified atom stereocenters. The summed E-state index contributed by atoms with van der Waals surface area (Å²) < 4.78 is 5.65. The van der Waals surface area contributed by atoms with Crippen LogP contribution in [-0.4, -0.2) is 9.91 Å². The number of benzene rings is 1. The average molecular weight is 308 g/mol. The maximum absolute atomic E-state index is 10.9. The number of hydrogen-bond donors (Lipinski definition) is 1. The van der Waals surface area contributed by atoms with E-state index in [0.29, 0.717) is 33.4 Å². The lowest BCUT2D eigenvalue weighted by Gasteiger charge is -2.11. The normalized spacial score (nSPS) is 10.4. The van der Waals surface area contributed by atoms with Crippen LogP contribution >= 0.6 is 11.6 Å². The Balaban J connectivity index is 2.22. The average Bonchev–Trinajstić information content (AvgIpc) is 2.42. The van der Waals surface area contributed by atoms with Crippen molar-refractivity contribution in [3.63, 3.8) is 0 Å². The van der Waals surface area contributed by atoms with E-state index in [-0.39, 0.29) is 12.3 Å². The third kappa shape index (κ3) is 3.41. The highest BCUT2D eigenvalue weighted by Gasteiger charge is 2.14. The molecule has 0 spiro atoms. The highest BCUT2D eigenvalue weighted by Crippen LogP contribution is 2.28. The van der Waals surface area contributed by atoms with Crippen LogP contribution in [0, 0.1) is 24.0 Å². The Morgan fingerprint density at radius 2 is 2.05 bits per heavy atom. The summed E-state index contributed by atoms with van der Waals surface area (Å²) in [5.41, 5.74) is 7.40. The van der Waals surface area contributed by atoms with Crippen LogP contribution in [0.4, 0.5) is 11.5 Å². The molecule has 6 nitrogen and oxygen atoms in total. The van der Waals surface area contributed by atoms with E-state index >= 15 is 0 Å². The molecule has 1 aromatic carbocycles. The van der Waals surface area contributed by atoms with Gasteiger partial charge in [-0.2, -0.15) is 0 Å². The first-order valence-electron chi connectivity index (χ1n) is 6.18. The second-order valence-corrected chi connectivity index (χ2v) is 5.02. The van der Waals surface area contributed by atoms with E-state index in [2.05, 4.69) is 4.98 Å². The lowest BCUT2D eigenvalue weighted by molar-refractivity contribution is -0.385. The molecule has 0 bridgehead atoms. The Labute approximate surface area is 126 Å². The van der Waals surface area contributed by atoms with Crippen LogP contribution in [0.25, 0.3) is 0 Å². The van der Waals surface area contributed by atoms with E-state index < -0.39 is 4.92 Å². The van der Waals surface area contributed by atoms with Gasteiger partial charge in [0.2, 0.25) is 0 Å². The standard InChI is InChI=1S/C14H14ClN3O3/c1-8-6-13(9(2)5-12(8)18(19)20)21-7-11-10(15)3-4-14(16)17-11/h3-6H,7H2,1-2H3,(H2,16,17). The van der Waals surface area contributed by atoms with Crippen LogP contribution in [-0.2, 0) is 6.61 Å². The summed E-state index contributed by atoms with van der Waals surface area (Å²) in [4.78, 5) is 14.6. The maximum Gasteiger partial charge on any atom is 0.272 e. The van der Waals surface area contributed by atoms with Gasteiger partial charge in [0, 0.05) is 11.6 Å². The smallest absolute Gasteiger partial charge is 0.272 e. The number of nitrogens with zero attached hydrogens (tertiary/aromatic N) is 2. The summed E-state index contributed by atoms with van der Waals surface area (Å²) in [6.45, 7) is 3.55. The van der Waals surface area contributed by atoms with Gasteiger partial charge in [0.15, 0.2) is 0 Å². The predicted octanol–water partition coefficient (Wildman–Crippen LogP) is 3.42. The summed E-state index contributed by atoms with van der Waals surface area (Å²) in [6, 6.07) is 6.37. The third-order valence-corrected chi connectivity index (χ3v) is 3.34. The number of aryl methyl sites for hydroxylation is 2. The van der Waals surface area contributed by atoms with Crippen molar-refractivity contribution in [3.05, 3.63) is 56.2 Å². The molecule has 110 valence electrons. The van der Waals surface area contributed by atoms with Crippen molar-refractivity contribution < 1.29 is 9.66 Å². The number of ether oxygens (including phenoxy) is 1. The van der Waals surface area contributed by atoms with Gasteiger partial charge in [0.25, 0.3) is 5.69 Å². The lowest BCUT2D eigenvalue weighted by atomic mass is 10.1. The van der Waals surface area contributed by atoms with Gasteiger partial charge in [-0.15, -0.1) is 0 Å². The summed E-state index contributed by atoms with van der Waals surface area (Å²) in [5, 5.41) is 11.3. The summed E-state index contributed by atoms with van der Waals surface area (Å²) in [7, 11) is 0. The van der Waals surface area contributed by atoms with Crippen LogP contribution in [0.2, 0.25) is 5.02 Å². The van der Waals surface area contributed by atoms with Crippen molar-refractivity contribution in [2.45, 2.75) is 20.5 Å².